The molecule has 2 heterocycles. The molecule has 0 aliphatic heterocycles. The predicted octanol–water partition coefficient (Wildman–Crippen LogP) is 0.493. The molecule has 0 amide bonds. The van der Waals surface area contributed by atoms with Crippen LogP contribution in [0.5, 0.6) is 0 Å². The molecule has 0 aromatic carbocycles. The standard InChI is InChI=1S/C10H9N3O3S/c1-5-3-12-10(17-5)13-8(15)7(6(2)14)4-11-9(13)16/h3-4H,1-2H3,(H,11,16). The fourth-order valence-corrected chi connectivity index (χ4v) is 2.10. The molecule has 0 aliphatic carbocycles. The van der Waals surface area contributed by atoms with Crippen molar-refractivity contribution in [1.82, 2.24) is 14.5 Å². The zero-order chi connectivity index (χ0) is 12.6. The maximum Gasteiger partial charge on any atom is 0.334 e. The van der Waals surface area contributed by atoms with Crippen molar-refractivity contribution in [2.75, 3.05) is 0 Å². The lowest BCUT2D eigenvalue weighted by Gasteiger charge is -2.00. The summed E-state index contributed by atoms with van der Waals surface area (Å²) in [5.74, 6) is -0.395. The Morgan fingerprint density at radius 2 is 2.18 bits per heavy atom. The minimum atomic E-state index is -0.643. The largest absolute Gasteiger partial charge is 0.334 e. The zero-order valence-electron chi connectivity index (χ0n) is 9.18. The molecule has 7 heteroatoms. The minimum Gasteiger partial charge on any atom is -0.313 e. The van der Waals surface area contributed by atoms with Crippen LogP contribution in [-0.4, -0.2) is 20.3 Å². The first kappa shape index (κ1) is 11.5. The van der Waals surface area contributed by atoms with E-state index in [-0.39, 0.29) is 10.7 Å². The second-order valence-electron chi connectivity index (χ2n) is 3.46. The number of thiazole rings is 1. The molecule has 0 atom stereocenters. The molecule has 0 spiro atoms. The summed E-state index contributed by atoms with van der Waals surface area (Å²) in [6, 6.07) is 0. The number of hydrogen-bond donors (Lipinski definition) is 1. The molecule has 0 saturated heterocycles. The Kier molecular flexibility index (Phi) is 2.76. The number of hydrogen-bond acceptors (Lipinski definition) is 5. The summed E-state index contributed by atoms with van der Waals surface area (Å²) in [7, 11) is 0. The molecule has 88 valence electrons. The lowest BCUT2D eigenvalue weighted by Crippen LogP contribution is -2.36. The number of nitrogens with zero attached hydrogens (tertiary/aromatic N) is 2. The Morgan fingerprint density at radius 1 is 1.47 bits per heavy atom. The van der Waals surface area contributed by atoms with E-state index >= 15 is 0 Å². The summed E-state index contributed by atoms with van der Waals surface area (Å²) in [6.07, 6.45) is 2.69. The summed E-state index contributed by atoms with van der Waals surface area (Å²) in [6.45, 7) is 3.09. The van der Waals surface area contributed by atoms with Crippen molar-refractivity contribution < 1.29 is 4.79 Å². The van der Waals surface area contributed by atoms with Gasteiger partial charge in [0.15, 0.2) is 5.78 Å². The Morgan fingerprint density at radius 3 is 2.71 bits per heavy atom. The summed E-state index contributed by atoms with van der Waals surface area (Å²) in [4.78, 5) is 41.9. The Hall–Kier alpha value is -2.02. The minimum absolute atomic E-state index is 0.0579. The number of aromatic amines is 1. The maximum atomic E-state index is 11.9. The number of carbonyl (C=O) groups excluding carboxylic acids is 1. The van der Waals surface area contributed by atoms with Crippen molar-refractivity contribution in [1.29, 1.82) is 0 Å². The topological polar surface area (TPSA) is 84.8 Å². The van der Waals surface area contributed by atoms with Crippen molar-refractivity contribution in [3.8, 4) is 5.13 Å². The van der Waals surface area contributed by atoms with E-state index in [0.29, 0.717) is 0 Å². The Balaban J connectivity index is 2.78. The third kappa shape index (κ3) is 1.96. The number of rotatable bonds is 2. The third-order valence-electron chi connectivity index (χ3n) is 2.16. The molecule has 1 N–H and O–H groups in total. The number of nitrogens with one attached hydrogen (secondary N) is 1. The number of H-pyrrole nitrogens is 1. The highest BCUT2D eigenvalue weighted by atomic mass is 32.1. The fraction of sp³-hybridized carbons (Fsp3) is 0.200. The van der Waals surface area contributed by atoms with E-state index in [1.165, 1.54) is 18.3 Å². The van der Waals surface area contributed by atoms with Crippen LogP contribution in [0.1, 0.15) is 22.2 Å². The second-order valence-corrected chi connectivity index (χ2v) is 4.67. The van der Waals surface area contributed by atoms with Crippen LogP contribution in [0, 0.1) is 6.92 Å². The molecule has 0 unspecified atom stereocenters. The monoisotopic (exact) mass is 251 g/mol. The van der Waals surface area contributed by atoms with Crippen LogP contribution >= 0.6 is 11.3 Å². The van der Waals surface area contributed by atoms with Gasteiger partial charge >= 0.3 is 5.69 Å². The van der Waals surface area contributed by atoms with Gasteiger partial charge in [-0.3, -0.25) is 9.59 Å². The zero-order valence-corrected chi connectivity index (χ0v) is 10.00. The predicted molar refractivity (Wildman–Crippen MR) is 63.1 cm³/mol. The number of ketones is 1. The van der Waals surface area contributed by atoms with Crippen LogP contribution in [0.2, 0.25) is 0 Å². The van der Waals surface area contributed by atoms with Crippen LogP contribution in [0.25, 0.3) is 5.13 Å². The summed E-state index contributed by atoms with van der Waals surface area (Å²) < 4.78 is 0.869. The van der Waals surface area contributed by atoms with Gasteiger partial charge in [-0.1, -0.05) is 0 Å². The fourth-order valence-electron chi connectivity index (χ4n) is 1.35. The van der Waals surface area contributed by atoms with Gasteiger partial charge in [0.05, 0.1) is 5.56 Å². The quantitative estimate of drug-likeness (QED) is 0.787. The third-order valence-corrected chi connectivity index (χ3v) is 3.05. The van der Waals surface area contributed by atoms with Crippen LogP contribution < -0.4 is 11.2 Å². The second kappa shape index (κ2) is 4.10. The molecule has 2 aromatic heterocycles. The summed E-state index contributed by atoms with van der Waals surface area (Å²) in [5, 5.41) is 0.261. The first-order chi connectivity index (χ1) is 8.00. The molecule has 0 radical (unpaired) electrons. The highest BCUT2D eigenvalue weighted by molar-refractivity contribution is 7.13. The molecule has 0 bridgehead atoms. The average Bonchev–Trinajstić information content (AvgIpc) is 2.64. The Labute approximate surface area is 99.6 Å². The van der Waals surface area contributed by atoms with Gasteiger partial charge < -0.3 is 4.98 Å². The molecule has 0 fully saturated rings. The van der Waals surface area contributed by atoms with Gasteiger partial charge in [0.1, 0.15) is 0 Å². The lowest BCUT2D eigenvalue weighted by molar-refractivity contribution is 0.101. The summed E-state index contributed by atoms with van der Waals surface area (Å²) in [5.41, 5.74) is -1.30. The van der Waals surface area contributed by atoms with Crippen LogP contribution in [0.4, 0.5) is 0 Å². The molecule has 2 rings (SSSR count). The average molecular weight is 251 g/mol. The van der Waals surface area contributed by atoms with E-state index in [9.17, 15) is 14.4 Å². The molecule has 17 heavy (non-hydrogen) atoms. The normalized spacial score (nSPS) is 10.5. The van der Waals surface area contributed by atoms with E-state index in [4.69, 9.17) is 0 Å². The van der Waals surface area contributed by atoms with E-state index in [1.54, 1.807) is 6.20 Å². The van der Waals surface area contributed by atoms with Gasteiger partial charge in [0.2, 0.25) is 5.13 Å². The first-order valence-electron chi connectivity index (χ1n) is 4.79. The highest BCUT2D eigenvalue weighted by Gasteiger charge is 2.14. The number of aromatic nitrogens is 3. The smallest absolute Gasteiger partial charge is 0.313 e. The molecule has 2 aromatic rings. The van der Waals surface area contributed by atoms with Crippen LogP contribution in [0.15, 0.2) is 22.0 Å². The molecular weight excluding hydrogens is 242 g/mol. The van der Waals surface area contributed by atoms with Gasteiger partial charge in [-0.2, -0.15) is 0 Å². The van der Waals surface area contributed by atoms with E-state index in [1.807, 2.05) is 6.92 Å². The number of Topliss-reactive ketones (excluding diaryl/α,β-unsaturated/α-hetero) is 1. The van der Waals surface area contributed by atoms with Gasteiger partial charge in [-0.05, 0) is 13.8 Å². The van der Waals surface area contributed by atoms with Crippen molar-refractivity contribution >= 4 is 17.1 Å². The van der Waals surface area contributed by atoms with Gasteiger partial charge in [0.25, 0.3) is 5.56 Å². The molecular formula is C10H9N3O3S. The van der Waals surface area contributed by atoms with E-state index < -0.39 is 17.0 Å². The molecule has 6 nitrogen and oxygen atoms in total. The number of aryl methyl sites for hydroxylation is 1. The lowest BCUT2D eigenvalue weighted by atomic mass is 10.2. The van der Waals surface area contributed by atoms with Crippen LogP contribution in [-0.2, 0) is 0 Å². The maximum absolute atomic E-state index is 11.9. The SMILES string of the molecule is CC(=O)c1c[nH]c(=O)n(-c2ncc(C)s2)c1=O. The first-order valence-corrected chi connectivity index (χ1v) is 5.61. The van der Waals surface area contributed by atoms with Gasteiger partial charge in [-0.15, -0.1) is 11.3 Å². The highest BCUT2D eigenvalue weighted by Crippen LogP contribution is 2.12. The number of carbonyl (C=O) groups is 1. The summed E-state index contributed by atoms with van der Waals surface area (Å²) >= 11 is 1.21. The van der Waals surface area contributed by atoms with Crippen molar-refractivity contribution in [3.63, 3.8) is 0 Å². The Bertz CT molecular complexity index is 695. The van der Waals surface area contributed by atoms with Crippen molar-refractivity contribution in [2.45, 2.75) is 13.8 Å². The van der Waals surface area contributed by atoms with E-state index in [2.05, 4.69) is 9.97 Å². The van der Waals surface area contributed by atoms with E-state index in [0.717, 1.165) is 15.6 Å². The van der Waals surface area contributed by atoms with Crippen molar-refractivity contribution in [3.05, 3.63) is 43.7 Å². The van der Waals surface area contributed by atoms with Gasteiger partial charge in [-0.25, -0.2) is 14.3 Å². The molecule has 0 aliphatic rings. The van der Waals surface area contributed by atoms with Gasteiger partial charge in [0, 0.05) is 17.3 Å². The van der Waals surface area contributed by atoms with Crippen molar-refractivity contribution in [2.24, 2.45) is 0 Å². The van der Waals surface area contributed by atoms with Crippen LogP contribution in [0.3, 0.4) is 0 Å². The molecule has 0 saturated carbocycles.